The average Bonchev–Trinajstić information content (AvgIpc) is 2.46. The summed E-state index contributed by atoms with van der Waals surface area (Å²) in [6, 6.07) is 4.88. The van der Waals surface area contributed by atoms with Gasteiger partial charge in [-0.05, 0) is 12.1 Å². The molecule has 0 fully saturated rings. The molecular formula is C9H7NO3. The highest BCUT2D eigenvalue weighted by Crippen LogP contribution is 2.22. The minimum Gasteiger partial charge on any atom is -0.478 e. The van der Waals surface area contributed by atoms with E-state index in [-0.39, 0.29) is 5.56 Å². The van der Waals surface area contributed by atoms with Gasteiger partial charge in [0, 0.05) is 17.1 Å². The number of carboxylic acids is 1. The number of carboxylic acid groups (broad SMARTS) is 1. The van der Waals surface area contributed by atoms with Gasteiger partial charge in [-0.2, -0.15) is 0 Å². The van der Waals surface area contributed by atoms with E-state index in [0.717, 1.165) is 0 Å². The molecule has 0 aliphatic heterocycles. The van der Waals surface area contributed by atoms with E-state index in [9.17, 15) is 4.79 Å². The second-order valence-electron chi connectivity index (χ2n) is 2.71. The third kappa shape index (κ3) is 1.12. The van der Waals surface area contributed by atoms with E-state index in [1.54, 1.807) is 18.2 Å². The Kier molecular flexibility index (Phi) is 1.48. The first kappa shape index (κ1) is 7.67. The van der Waals surface area contributed by atoms with Gasteiger partial charge in [0.15, 0.2) is 0 Å². The normalized spacial score (nSPS) is 10.5. The summed E-state index contributed by atoms with van der Waals surface area (Å²) in [6.07, 6.45) is 1.21. The van der Waals surface area contributed by atoms with E-state index < -0.39 is 5.97 Å². The molecule has 4 nitrogen and oxygen atoms in total. The number of carbonyl (C=O) groups is 1. The van der Waals surface area contributed by atoms with Crippen LogP contribution in [-0.2, 0) is 0 Å². The van der Waals surface area contributed by atoms with E-state index in [2.05, 4.69) is 0 Å². The lowest BCUT2D eigenvalue weighted by molar-refractivity contribution is 0.0698. The first-order valence-corrected chi connectivity index (χ1v) is 3.68. The van der Waals surface area contributed by atoms with Crippen LogP contribution in [0, 0.1) is 0 Å². The number of fused-ring (bicyclic) bond motifs is 1. The Morgan fingerprint density at radius 1 is 1.46 bits per heavy atom. The van der Waals surface area contributed by atoms with Gasteiger partial charge in [-0.3, -0.25) is 0 Å². The number of nitrogen functional groups attached to an aromatic ring is 1. The number of furan rings is 1. The topological polar surface area (TPSA) is 76.5 Å². The third-order valence-corrected chi connectivity index (χ3v) is 1.83. The molecule has 2 rings (SSSR count). The molecule has 0 unspecified atom stereocenters. The highest BCUT2D eigenvalue weighted by Gasteiger charge is 2.11. The summed E-state index contributed by atoms with van der Waals surface area (Å²) in [5.41, 5.74) is 6.72. The number of hydrogen-bond acceptors (Lipinski definition) is 3. The number of benzene rings is 1. The van der Waals surface area contributed by atoms with Gasteiger partial charge in [0.05, 0.1) is 0 Å². The van der Waals surface area contributed by atoms with Crippen LogP contribution in [0.5, 0.6) is 0 Å². The van der Waals surface area contributed by atoms with Crippen LogP contribution in [0.4, 0.5) is 5.69 Å². The lowest BCUT2D eigenvalue weighted by Gasteiger charge is -1.92. The van der Waals surface area contributed by atoms with Gasteiger partial charge >= 0.3 is 5.97 Å². The number of rotatable bonds is 1. The van der Waals surface area contributed by atoms with Crippen LogP contribution in [0.1, 0.15) is 10.4 Å². The standard InChI is InChI=1S/C9H7NO3/c10-5-1-2-6-7(9(11)12)4-13-8(6)3-5/h1-4H,10H2,(H,11,12). The van der Waals surface area contributed by atoms with Gasteiger partial charge < -0.3 is 15.3 Å². The van der Waals surface area contributed by atoms with Crippen molar-refractivity contribution < 1.29 is 14.3 Å². The average molecular weight is 177 g/mol. The summed E-state index contributed by atoms with van der Waals surface area (Å²) in [5.74, 6) is -0.997. The molecule has 13 heavy (non-hydrogen) atoms. The highest BCUT2D eigenvalue weighted by atomic mass is 16.4. The fraction of sp³-hybridized carbons (Fsp3) is 0. The molecule has 66 valence electrons. The molecule has 0 aliphatic carbocycles. The maximum atomic E-state index is 10.7. The predicted octanol–water partition coefficient (Wildman–Crippen LogP) is 1.71. The minimum absolute atomic E-state index is 0.162. The number of hydrogen-bond donors (Lipinski definition) is 2. The summed E-state index contributed by atoms with van der Waals surface area (Å²) in [6.45, 7) is 0. The van der Waals surface area contributed by atoms with Gasteiger partial charge in [-0.25, -0.2) is 4.79 Å². The maximum absolute atomic E-state index is 10.7. The highest BCUT2D eigenvalue weighted by molar-refractivity contribution is 6.02. The fourth-order valence-electron chi connectivity index (χ4n) is 1.21. The lowest BCUT2D eigenvalue weighted by Crippen LogP contribution is -1.93. The smallest absolute Gasteiger partial charge is 0.339 e. The molecule has 1 aromatic heterocycles. The quantitative estimate of drug-likeness (QED) is 0.650. The van der Waals surface area contributed by atoms with E-state index in [1.165, 1.54) is 6.26 Å². The number of nitrogens with two attached hydrogens (primary N) is 1. The summed E-state index contributed by atoms with van der Waals surface area (Å²) < 4.78 is 5.03. The number of aromatic carboxylic acids is 1. The van der Waals surface area contributed by atoms with Crippen molar-refractivity contribution in [2.45, 2.75) is 0 Å². The minimum atomic E-state index is -0.997. The molecule has 0 aliphatic rings. The molecule has 2 aromatic rings. The Bertz CT molecular complexity index is 473. The summed E-state index contributed by atoms with van der Waals surface area (Å²) >= 11 is 0. The first-order chi connectivity index (χ1) is 6.18. The summed E-state index contributed by atoms with van der Waals surface area (Å²) in [7, 11) is 0. The van der Waals surface area contributed by atoms with Crippen molar-refractivity contribution in [3.8, 4) is 0 Å². The number of anilines is 1. The van der Waals surface area contributed by atoms with E-state index in [0.29, 0.717) is 16.7 Å². The monoisotopic (exact) mass is 177 g/mol. The van der Waals surface area contributed by atoms with Crippen LogP contribution in [0.25, 0.3) is 11.0 Å². The molecule has 1 heterocycles. The van der Waals surface area contributed by atoms with Crippen molar-refractivity contribution in [3.05, 3.63) is 30.0 Å². The summed E-state index contributed by atoms with van der Waals surface area (Å²) in [5, 5.41) is 9.32. The molecule has 0 atom stereocenters. The van der Waals surface area contributed by atoms with E-state index >= 15 is 0 Å². The van der Waals surface area contributed by atoms with Crippen molar-refractivity contribution in [1.29, 1.82) is 0 Å². The molecule has 0 saturated heterocycles. The van der Waals surface area contributed by atoms with Crippen LogP contribution in [0.15, 0.2) is 28.9 Å². The second kappa shape index (κ2) is 2.52. The van der Waals surface area contributed by atoms with Crippen LogP contribution >= 0.6 is 0 Å². The largest absolute Gasteiger partial charge is 0.478 e. The van der Waals surface area contributed by atoms with Crippen molar-refractivity contribution >= 4 is 22.6 Å². The van der Waals surface area contributed by atoms with Crippen molar-refractivity contribution in [2.75, 3.05) is 5.73 Å². The molecule has 0 bridgehead atoms. The molecule has 1 aromatic carbocycles. The van der Waals surface area contributed by atoms with Crippen molar-refractivity contribution in [2.24, 2.45) is 0 Å². The molecule has 0 radical (unpaired) electrons. The van der Waals surface area contributed by atoms with Gasteiger partial charge in [-0.15, -0.1) is 0 Å². The SMILES string of the molecule is Nc1ccc2c(C(=O)O)coc2c1. The Morgan fingerprint density at radius 2 is 2.23 bits per heavy atom. The Labute approximate surface area is 73.6 Å². The molecule has 0 spiro atoms. The van der Waals surface area contributed by atoms with Gasteiger partial charge in [0.2, 0.25) is 0 Å². The van der Waals surface area contributed by atoms with Crippen LogP contribution in [-0.4, -0.2) is 11.1 Å². The summed E-state index contributed by atoms with van der Waals surface area (Å²) in [4.78, 5) is 10.7. The van der Waals surface area contributed by atoms with Crippen LogP contribution < -0.4 is 5.73 Å². The maximum Gasteiger partial charge on any atom is 0.339 e. The predicted molar refractivity (Wildman–Crippen MR) is 47.6 cm³/mol. The zero-order valence-corrected chi connectivity index (χ0v) is 6.65. The fourth-order valence-corrected chi connectivity index (χ4v) is 1.21. The van der Waals surface area contributed by atoms with Crippen LogP contribution in [0.3, 0.4) is 0 Å². The van der Waals surface area contributed by atoms with Gasteiger partial charge in [0.1, 0.15) is 17.4 Å². The zero-order valence-electron chi connectivity index (χ0n) is 6.65. The van der Waals surface area contributed by atoms with Gasteiger partial charge in [0.25, 0.3) is 0 Å². The van der Waals surface area contributed by atoms with Crippen LogP contribution in [0.2, 0.25) is 0 Å². The Morgan fingerprint density at radius 3 is 2.92 bits per heavy atom. The molecule has 4 heteroatoms. The molecule has 0 amide bonds. The first-order valence-electron chi connectivity index (χ1n) is 3.68. The van der Waals surface area contributed by atoms with Crippen molar-refractivity contribution in [1.82, 2.24) is 0 Å². The Hall–Kier alpha value is -1.97. The van der Waals surface area contributed by atoms with Crippen molar-refractivity contribution in [3.63, 3.8) is 0 Å². The Balaban J connectivity index is 2.76. The molecular weight excluding hydrogens is 170 g/mol. The lowest BCUT2D eigenvalue weighted by atomic mass is 10.1. The second-order valence-corrected chi connectivity index (χ2v) is 2.71. The van der Waals surface area contributed by atoms with E-state index in [4.69, 9.17) is 15.3 Å². The van der Waals surface area contributed by atoms with Gasteiger partial charge in [-0.1, -0.05) is 0 Å². The molecule has 3 N–H and O–H groups in total. The zero-order chi connectivity index (χ0) is 9.42. The third-order valence-electron chi connectivity index (χ3n) is 1.83. The van der Waals surface area contributed by atoms with E-state index in [1.807, 2.05) is 0 Å². The molecule has 0 saturated carbocycles.